The molecule has 0 bridgehead atoms. The molecule has 2 aromatic carbocycles. The number of nitrogen functional groups attached to an aromatic ring is 1. The number of nitrogens with two attached hydrogens (primary N) is 1. The van der Waals surface area contributed by atoms with E-state index < -0.39 is 0 Å². The number of thiocarbonyl (C=S) groups is 1. The standard InChI is InChI=1S/C14H12Cl3N3S/c1-7-2-3-8(4-10(7)15)19-14(21)20-9-5-11(16)13(18)12(17)6-9/h2-6H,18H2,1H3,(H2,19,20,21). The molecule has 0 aliphatic heterocycles. The van der Waals surface area contributed by atoms with E-state index in [4.69, 9.17) is 52.8 Å². The SMILES string of the molecule is Cc1ccc(NC(=S)Nc2cc(Cl)c(N)c(Cl)c2)cc1Cl. The Morgan fingerprint density at radius 2 is 1.48 bits per heavy atom. The van der Waals surface area contributed by atoms with Crippen LogP contribution in [-0.2, 0) is 0 Å². The number of benzene rings is 2. The molecule has 2 aromatic rings. The zero-order valence-electron chi connectivity index (χ0n) is 11.0. The van der Waals surface area contributed by atoms with Gasteiger partial charge in [-0.05, 0) is 49.0 Å². The molecule has 110 valence electrons. The molecule has 4 N–H and O–H groups in total. The highest BCUT2D eigenvalue weighted by molar-refractivity contribution is 7.80. The summed E-state index contributed by atoms with van der Waals surface area (Å²) in [5.41, 5.74) is 8.46. The lowest BCUT2D eigenvalue weighted by molar-refractivity contribution is 1.46. The Morgan fingerprint density at radius 3 is 2.05 bits per heavy atom. The normalized spacial score (nSPS) is 10.3. The molecule has 0 atom stereocenters. The number of rotatable bonds is 2. The van der Waals surface area contributed by atoms with Gasteiger partial charge in [-0.2, -0.15) is 0 Å². The number of nitrogens with one attached hydrogen (secondary N) is 2. The maximum atomic E-state index is 6.06. The predicted octanol–water partition coefficient (Wildman–Crippen LogP) is 5.35. The third kappa shape index (κ3) is 4.14. The second-order valence-corrected chi connectivity index (χ2v) is 6.03. The van der Waals surface area contributed by atoms with E-state index in [9.17, 15) is 0 Å². The summed E-state index contributed by atoms with van der Waals surface area (Å²) >= 11 is 23.2. The van der Waals surface area contributed by atoms with Gasteiger partial charge in [0.2, 0.25) is 0 Å². The fourth-order valence-electron chi connectivity index (χ4n) is 1.62. The fourth-order valence-corrected chi connectivity index (χ4v) is 2.52. The third-order valence-electron chi connectivity index (χ3n) is 2.77. The molecule has 0 amide bonds. The van der Waals surface area contributed by atoms with Crippen LogP contribution in [0.4, 0.5) is 17.1 Å². The van der Waals surface area contributed by atoms with Crippen LogP contribution in [0.15, 0.2) is 30.3 Å². The molecule has 2 rings (SSSR count). The van der Waals surface area contributed by atoms with Gasteiger partial charge in [-0.1, -0.05) is 40.9 Å². The van der Waals surface area contributed by atoms with E-state index >= 15 is 0 Å². The van der Waals surface area contributed by atoms with Crippen LogP contribution < -0.4 is 16.4 Å². The first-order valence-corrected chi connectivity index (χ1v) is 7.49. The quantitative estimate of drug-likeness (QED) is 0.499. The lowest BCUT2D eigenvalue weighted by Gasteiger charge is -2.12. The number of aryl methyl sites for hydroxylation is 1. The third-order valence-corrected chi connectivity index (χ3v) is 4.00. The van der Waals surface area contributed by atoms with Crippen molar-refractivity contribution in [1.82, 2.24) is 0 Å². The van der Waals surface area contributed by atoms with Crippen molar-refractivity contribution in [1.29, 1.82) is 0 Å². The van der Waals surface area contributed by atoms with Crippen LogP contribution in [0.25, 0.3) is 0 Å². The van der Waals surface area contributed by atoms with Gasteiger partial charge < -0.3 is 16.4 Å². The van der Waals surface area contributed by atoms with Crippen LogP contribution >= 0.6 is 47.0 Å². The Balaban J connectivity index is 2.09. The van der Waals surface area contributed by atoms with E-state index in [1.165, 1.54) is 0 Å². The van der Waals surface area contributed by atoms with Crippen molar-refractivity contribution in [3.05, 3.63) is 51.0 Å². The Bertz CT molecular complexity index is 681. The van der Waals surface area contributed by atoms with Gasteiger partial charge in [0.25, 0.3) is 0 Å². The van der Waals surface area contributed by atoms with Crippen molar-refractivity contribution in [2.75, 3.05) is 16.4 Å². The first kappa shape index (κ1) is 16.2. The van der Waals surface area contributed by atoms with Crippen molar-refractivity contribution < 1.29 is 0 Å². The van der Waals surface area contributed by atoms with Crippen LogP contribution in [0.1, 0.15) is 5.56 Å². The molecule has 0 heterocycles. The van der Waals surface area contributed by atoms with Crippen LogP contribution in [0.3, 0.4) is 0 Å². The zero-order valence-corrected chi connectivity index (χ0v) is 14.1. The molecule has 0 unspecified atom stereocenters. The van der Waals surface area contributed by atoms with Crippen LogP contribution in [0, 0.1) is 6.92 Å². The Kier molecular flexibility index (Phi) is 5.17. The Labute approximate surface area is 143 Å². The second kappa shape index (κ2) is 6.71. The monoisotopic (exact) mass is 359 g/mol. The second-order valence-electron chi connectivity index (χ2n) is 4.40. The average molecular weight is 361 g/mol. The van der Waals surface area contributed by atoms with Crippen LogP contribution in [0.2, 0.25) is 15.1 Å². The molecular weight excluding hydrogens is 349 g/mol. The van der Waals surface area contributed by atoms with Crippen LogP contribution in [-0.4, -0.2) is 5.11 Å². The smallest absolute Gasteiger partial charge is 0.175 e. The fraction of sp³-hybridized carbons (Fsp3) is 0.0714. The Hall–Kier alpha value is -1.20. The van der Waals surface area contributed by atoms with E-state index in [-0.39, 0.29) is 0 Å². The molecule has 0 fully saturated rings. The number of halogens is 3. The molecule has 21 heavy (non-hydrogen) atoms. The summed E-state index contributed by atoms with van der Waals surface area (Å²) in [6.07, 6.45) is 0. The average Bonchev–Trinajstić information content (AvgIpc) is 2.40. The van der Waals surface area contributed by atoms with Crippen molar-refractivity contribution in [2.24, 2.45) is 0 Å². The molecule has 7 heteroatoms. The number of hydrogen-bond donors (Lipinski definition) is 3. The van der Waals surface area contributed by atoms with E-state index in [1.54, 1.807) is 18.2 Å². The van der Waals surface area contributed by atoms with Crippen molar-refractivity contribution in [2.45, 2.75) is 6.92 Å². The van der Waals surface area contributed by atoms with E-state index in [0.29, 0.717) is 31.6 Å². The Morgan fingerprint density at radius 1 is 0.952 bits per heavy atom. The maximum absolute atomic E-state index is 6.06. The summed E-state index contributed by atoms with van der Waals surface area (Å²) in [6.45, 7) is 1.93. The minimum absolute atomic E-state index is 0.341. The summed E-state index contributed by atoms with van der Waals surface area (Å²) < 4.78 is 0. The van der Waals surface area contributed by atoms with Gasteiger partial charge in [-0.25, -0.2) is 0 Å². The molecule has 0 spiro atoms. The maximum Gasteiger partial charge on any atom is 0.175 e. The molecule has 0 saturated heterocycles. The lowest BCUT2D eigenvalue weighted by Crippen LogP contribution is -2.19. The highest BCUT2D eigenvalue weighted by Crippen LogP contribution is 2.31. The highest BCUT2D eigenvalue weighted by Gasteiger charge is 2.06. The molecule has 3 nitrogen and oxygen atoms in total. The molecule has 0 saturated carbocycles. The molecular formula is C14H12Cl3N3S. The predicted molar refractivity (Wildman–Crippen MR) is 96.9 cm³/mol. The summed E-state index contributed by atoms with van der Waals surface area (Å²) in [6, 6.07) is 8.90. The van der Waals surface area contributed by atoms with Crippen molar-refractivity contribution >= 4 is 69.2 Å². The highest BCUT2D eigenvalue weighted by atomic mass is 35.5. The molecule has 0 aliphatic carbocycles. The summed E-state index contributed by atoms with van der Waals surface area (Å²) in [7, 11) is 0. The van der Waals surface area contributed by atoms with Gasteiger partial charge in [0.05, 0.1) is 15.7 Å². The summed E-state index contributed by atoms with van der Waals surface area (Å²) in [5, 5.41) is 7.81. The number of anilines is 3. The van der Waals surface area contributed by atoms with Gasteiger partial charge in [0.1, 0.15) is 0 Å². The van der Waals surface area contributed by atoms with E-state index in [2.05, 4.69) is 10.6 Å². The van der Waals surface area contributed by atoms with Gasteiger partial charge in [-0.15, -0.1) is 0 Å². The van der Waals surface area contributed by atoms with Crippen LogP contribution in [0.5, 0.6) is 0 Å². The van der Waals surface area contributed by atoms with Gasteiger partial charge in [0, 0.05) is 16.4 Å². The van der Waals surface area contributed by atoms with E-state index in [0.717, 1.165) is 11.3 Å². The summed E-state index contributed by atoms with van der Waals surface area (Å²) in [4.78, 5) is 0. The minimum Gasteiger partial charge on any atom is -0.396 e. The van der Waals surface area contributed by atoms with Crippen molar-refractivity contribution in [3.8, 4) is 0 Å². The minimum atomic E-state index is 0.341. The largest absolute Gasteiger partial charge is 0.396 e. The molecule has 0 aliphatic rings. The zero-order chi connectivity index (χ0) is 15.6. The van der Waals surface area contributed by atoms with E-state index in [1.807, 2.05) is 19.1 Å². The molecule has 0 aromatic heterocycles. The first-order valence-electron chi connectivity index (χ1n) is 5.95. The topological polar surface area (TPSA) is 50.1 Å². The van der Waals surface area contributed by atoms with Crippen molar-refractivity contribution in [3.63, 3.8) is 0 Å². The van der Waals surface area contributed by atoms with Gasteiger partial charge >= 0.3 is 0 Å². The number of hydrogen-bond acceptors (Lipinski definition) is 2. The summed E-state index contributed by atoms with van der Waals surface area (Å²) in [5.74, 6) is 0. The van der Waals surface area contributed by atoms with Gasteiger partial charge in [-0.3, -0.25) is 0 Å². The lowest BCUT2D eigenvalue weighted by atomic mass is 10.2. The first-order chi connectivity index (χ1) is 9.86. The molecule has 0 radical (unpaired) electrons. The van der Waals surface area contributed by atoms with Gasteiger partial charge in [0.15, 0.2) is 5.11 Å².